The van der Waals surface area contributed by atoms with Gasteiger partial charge in [0, 0.05) is 44.2 Å². The maximum absolute atomic E-state index is 7.68. The van der Waals surface area contributed by atoms with Crippen LogP contribution < -0.4 is 31.3 Å². The lowest BCUT2D eigenvalue weighted by atomic mass is 9.35. The summed E-state index contributed by atoms with van der Waals surface area (Å²) in [5, 5.41) is 2.53. The molecule has 0 radical (unpaired) electrons. The minimum atomic E-state index is -0.210. The van der Waals surface area contributed by atoms with E-state index in [0.29, 0.717) is 5.92 Å². The van der Waals surface area contributed by atoms with Crippen molar-refractivity contribution in [2.75, 3.05) is 14.7 Å². The van der Waals surface area contributed by atoms with Gasteiger partial charge in [0.05, 0.1) is 27.6 Å². The molecule has 1 atom stereocenters. The smallest absolute Gasteiger partial charge is 0.297 e. The van der Waals surface area contributed by atoms with Crippen molar-refractivity contribution < 1.29 is 4.42 Å². The van der Waals surface area contributed by atoms with Crippen LogP contribution in [0, 0.1) is 5.92 Å². The highest BCUT2D eigenvalue weighted by atomic mass is 32.1. The SMILES string of the molecule is CC1C=C(N(c2ccc(C(C)(C)C)cc2)c2cc3c4c(c2)N(c2ccc(C(C)(C)C)cc2)c2c(oc5ccc(C(C)(C)C)cc25)B4c2cc4c(cc2N3c2ccc3c(c2)C(C)(C)CCC3(C)C)C(C)(C)CCC4(C)C)c2sc3ccccc3c2C1. The molecule has 434 valence electrons. The number of rotatable bonds is 5. The van der Waals surface area contributed by atoms with Crippen LogP contribution in [0.3, 0.4) is 0 Å². The van der Waals surface area contributed by atoms with Gasteiger partial charge in [-0.2, -0.15) is 0 Å². The first-order valence-corrected chi connectivity index (χ1v) is 32.6. The lowest BCUT2D eigenvalue weighted by Gasteiger charge is -2.47. The predicted octanol–water partition coefficient (Wildman–Crippen LogP) is 20.7. The average Bonchev–Trinajstić information content (AvgIpc) is 1.67. The molecule has 0 amide bonds. The first-order chi connectivity index (χ1) is 39.9. The Labute approximate surface area is 512 Å². The van der Waals surface area contributed by atoms with Gasteiger partial charge in [-0.1, -0.05) is 191 Å². The fourth-order valence-electron chi connectivity index (χ4n) is 15.4. The number of hydrogen-bond acceptors (Lipinski definition) is 5. The topological polar surface area (TPSA) is 22.9 Å². The fourth-order valence-corrected chi connectivity index (χ4v) is 16.7. The second-order valence-corrected chi connectivity index (χ2v) is 33.1. The van der Waals surface area contributed by atoms with E-state index in [-0.39, 0.29) is 44.6 Å². The zero-order valence-electron chi connectivity index (χ0n) is 54.1. The summed E-state index contributed by atoms with van der Waals surface area (Å²) in [4.78, 5) is 9.35. The normalized spacial score (nSPS) is 19.0. The molecule has 0 N–H and O–H groups in total. The largest absolute Gasteiger partial charge is 0.468 e. The Morgan fingerprint density at radius 2 is 1.06 bits per heavy atom. The minimum absolute atomic E-state index is 0.00160. The van der Waals surface area contributed by atoms with E-state index in [1.54, 1.807) is 0 Å². The van der Waals surface area contributed by atoms with E-state index in [9.17, 15) is 0 Å². The number of nitrogens with zero attached hydrogens (tertiary/aromatic N) is 3. The zero-order chi connectivity index (χ0) is 60.0. The highest BCUT2D eigenvalue weighted by Crippen LogP contribution is 2.56. The molecule has 5 aliphatic rings. The average molecular weight is 1140 g/mol. The zero-order valence-corrected chi connectivity index (χ0v) is 54.9. The molecule has 4 nitrogen and oxygen atoms in total. The van der Waals surface area contributed by atoms with Crippen LogP contribution in [0.5, 0.6) is 0 Å². The van der Waals surface area contributed by atoms with Crippen LogP contribution in [-0.4, -0.2) is 6.71 Å². The number of anilines is 8. The molecule has 14 rings (SSSR count). The molecule has 0 fully saturated rings. The van der Waals surface area contributed by atoms with Gasteiger partial charge in [0.1, 0.15) is 5.58 Å². The van der Waals surface area contributed by atoms with Crippen molar-refractivity contribution in [1.29, 1.82) is 0 Å². The van der Waals surface area contributed by atoms with Gasteiger partial charge in [0.2, 0.25) is 0 Å². The fraction of sp³-hybridized carbons (Fsp3) is 0.392. The van der Waals surface area contributed by atoms with Crippen LogP contribution in [0.15, 0.2) is 144 Å². The summed E-state index contributed by atoms with van der Waals surface area (Å²) >= 11 is 1.95. The first kappa shape index (κ1) is 56.1. The number of furan rings is 1. The van der Waals surface area contributed by atoms with Gasteiger partial charge in [-0.05, 0) is 210 Å². The van der Waals surface area contributed by atoms with E-state index in [1.807, 2.05) is 11.3 Å². The van der Waals surface area contributed by atoms with Gasteiger partial charge in [0.25, 0.3) is 6.71 Å². The molecule has 9 aromatic rings. The second-order valence-electron chi connectivity index (χ2n) is 32.1. The van der Waals surface area contributed by atoms with E-state index in [2.05, 4.69) is 279 Å². The summed E-state index contributed by atoms with van der Waals surface area (Å²) in [5.41, 5.74) is 26.3. The summed E-state index contributed by atoms with van der Waals surface area (Å²) in [5.74, 6) is 0.317. The Balaban J connectivity index is 1.16. The number of benzene rings is 7. The molecule has 0 saturated carbocycles. The van der Waals surface area contributed by atoms with Crippen LogP contribution in [0.4, 0.5) is 45.5 Å². The molecule has 2 aromatic heterocycles. The monoisotopic (exact) mass is 1140 g/mol. The maximum atomic E-state index is 7.68. The molecule has 3 aliphatic carbocycles. The first-order valence-electron chi connectivity index (χ1n) is 31.8. The quantitative estimate of drug-likeness (QED) is 0.160. The highest BCUT2D eigenvalue weighted by molar-refractivity contribution is 7.20. The lowest BCUT2D eigenvalue weighted by Crippen LogP contribution is -2.61. The van der Waals surface area contributed by atoms with Crippen molar-refractivity contribution in [2.45, 2.75) is 195 Å². The van der Waals surface area contributed by atoms with Gasteiger partial charge < -0.3 is 19.1 Å². The van der Waals surface area contributed by atoms with Gasteiger partial charge in [-0.3, -0.25) is 0 Å². The van der Waals surface area contributed by atoms with E-state index in [0.717, 1.165) is 65.1 Å². The van der Waals surface area contributed by atoms with E-state index >= 15 is 0 Å². The summed E-state index contributed by atoms with van der Waals surface area (Å²) in [6.07, 6.45) is 8.16. The van der Waals surface area contributed by atoms with Crippen LogP contribution in [0.1, 0.15) is 200 Å². The third-order valence-electron chi connectivity index (χ3n) is 21.0. The summed E-state index contributed by atoms with van der Waals surface area (Å²) in [6, 6.07) is 53.3. The van der Waals surface area contributed by atoms with Gasteiger partial charge in [-0.25, -0.2) is 0 Å². The minimum Gasteiger partial charge on any atom is -0.468 e. The van der Waals surface area contributed by atoms with Gasteiger partial charge >= 0.3 is 0 Å². The Bertz CT molecular complexity index is 4250. The van der Waals surface area contributed by atoms with Crippen molar-refractivity contribution in [3.05, 3.63) is 189 Å². The molecular formula is C79H88BN3OS. The third kappa shape index (κ3) is 8.85. The molecule has 0 spiro atoms. The van der Waals surface area contributed by atoms with Gasteiger partial charge in [-0.15, -0.1) is 11.3 Å². The van der Waals surface area contributed by atoms with Crippen molar-refractivity contribution in [1.82, 2.24) is 0 Å². The van der Waals surface area contributed by atoms with Crippen LogP contribution >= 0.6 is 11.3 Å². The number of hydrogen-bond donors (Lipinski definition) is 0. The Hall–Kier alpha value is -6.76. The number of thiophene rings is 1. The second kappa shape index (κ2) is 18.6. The van der Waals surface area contributed by atoms with Crippen molar-refractivity contribution >= 4 is 107 Å². The van der Waals surface area contributed by atoms with Crippen molar-refractivity contribution in [3.63, 3.8) is 0 Å². The molecule has 1 unspecified atom stereocenters. The van der Waals surface area contributed by atoms with E-state index in [4.69, 9.17) is 4.42 Å². The van der Waals surface area contributed by atoms with E-state index in [1.165, 1.54) is 105 Å². The predicted molar refractivity (Wildman–Crippen MR) is 368 cm³/mol. The molecule has 2 aliphatic heterocycles. The molecule has 85 heavy (non-hydrogen) atoms. The van der Waals surface area contributed by atoms with Gasteiger partial charge in [0.15, 0.2) is 0 Å². The Kier molecular flexibility index (Phi) is 12.3. The Morgan fingerprint density at radius 3 is 1.68 bits per heavy atom. The maximum Gasteiger partial charge on any atom is 0.297 e. The highest BCUT2D eigenvalue weighted by Gasteiger charge is 2.50. The molecule has 0 saturated heterocycles. The summed E-state index contributed by atoms with van der Waals surface area (Å²) in [7, 11) is 0. The van der Waals surface area contributed by atoms with Crippen LogP contribution in [-0.2, 0) is 44.3 Å². The summed E-state index contributed by atoms with van der Waals surface area (Å²) < 4.78 is 9.02. The summed E-state index contributed by atoms with van der Waals surface area (Å²) in [6.45, 7) is 43.0. The van der Waals surface area contributed by atoms with Crippen LogP contribution in [0.25, 0.3) is 26.8 Å². The standard InChI is InChI=1S/C79H88BN3OS/c1-47-39-56-55-21-19-20-22-68(55)85-71(56)66(40-47)81(51-28-23-48(24-29-51)73(2,3)4)54-43-64-69-65(44-54)83(52-30-25-49(26-31-52)74(5,6)7)70-57-41-50(75(8,9)10)27-34-67(57)84-72(70)80(69)62-45-60-61(79(17,18)38-37-78(60,15)16)46-63(62)82(64)53-32-33-58-59(42-53)77(13,14)36-35-76(58,11)12/h19-34,40-47H,35-39H2,1-18H3. The van der Waals surface area contributed by atoms with Crippen molar-refractivity contribution in [3.8, 4) is 0 Å². The van der Waals surface area contributed by atoms with Crippen molar-refractivity contribution in [2.24, 2.45) is 5.92 Å². The molecule has 6 heteroatoms. The number of fused-ring (bicyclic) bond motifs is 11. The molecular weight excluding hydrogens is 1050 g/mol. The Morgan fingerprint density at radius 1 is 0.518 bits per heavy atom. The molecule has 7 aromatic carbocycles. The number of allylic oxidation sites excluding steroid dienone is 1. The van der Waals surface area contributed by atoms with Crippen LogP contribution in [0.2, 0.25) is 0 Å². The van der Waals surface area contributed by atoms with E-state index < -0.39 is 0 Å². The third-order valence-corrected chi connectivity index (χ3v) is 22.2. The molecule has 4 heterocycles. The molecule has 0 bridgehead atoms. The lowest BCUT2D eigenvalue weighted by molar-refractivity contribution is 0.332.